The molecule has 0 aliphatic carbocycles. The summed E-state index contributed by atoms with van der Waals surface area (Å²) in [4.78, 5) is 25.9. The number of rotatable bonds is 5. The van der Waals surface area contributed by atoms with E-state index in [4.69, 9.17) is 0 Å². The first-order chi connectivity index (χ1) is 10.5. The Labute approximate surface area is 131 Å². The van der Waals surface area contributed by atoms with Crippen LogP contribution in [0.5, 0.6) is 0 Å². The second-order valence-electron chi connectivity index (χ2n) is 5.92. The minimum atomic E-state index is -0.447. The van der Waals surface area contributed by atoms with E-state index >= 15 is 0 Å². The normalized spacial score (nSPS) is 20.4. The summed E-state index contributed by atoms with van der Waals surface area (Å²) in [5, 5.41) is 12.7. The van der Waals surface area contributed by atoms with Gasteiger partial charge in [-0.1, -0.05) is 18.6 Å². The van der Waals surface area contributed by atoms with Gasteiger partial charge in [0.1, 0.15) is 0 Å². The van der Waals surface area contributed by atoms with Crippen LogP contribution in [0.15, 0.2) is 24.3 Å². The third-order valence-electron chi connectivity index (χ3n) is 4.15. The van der Waals surface area contributed by atoms with Gasteiger partial charge in [-0.3, -0.25) is 14.5 Å². The highest BCUT2D eigenvalue weighted by Crippen LogP contribution is 2.20. The van der Waals surface area contributed by atoms with E-state index in [9.17, 15) is 14.7 Å². The number of amides is 1. The lowest BCUT2D eigenvalue weighted by Gasteiger charge is -2.36. The molecule has 2 atom stereocenters. The Balaban J connectivity index is 2.02. The van der Waals surface area contributed by atoms with E-state index in [1.165, 1.54) is 6.92 Å². The van der Waals surface area contributed by atoms with Crippen LogP contribution >= 0.6 is 0 Å². The smallest absolute Gasteiger partial charge is 0.238 e. The summed E-state index contributed by atoms with van der Waals surface area (Å²) in [6, 6.07) is 7.04. The number of nitrogens with zero attached hydrogens (tertiary/aromatic N) is 1. The lowest BCUT2D eigenvalue weighted by atomic mass is 9.98. The third kappa shape index (κ3) is 4.15. The maximum Gasteiger partial charge on any atom is 0.238 e. The molecular weight excluding hydrogens is 280 g/mol. The van der Waals surface area contributed by atoms with Gasteiger partial charge in [-0.05, 0) is 45.4 Å². The lowest BCUT2D eigenvalue weighted by Crippen LogP contribution is -2.48. The number of likely N-dealkylation sites (tertiary alicyclic amines) is 1. The van der Waals surface area contributed by atoms with Crippen molar-refractivity contribution in [1.82, 2.24) is 4.90 Å². The topological polar surface area (TPSA) is 69.6 Å². The first-order valence-corrected chi connectivity index (χ1v) is 7.81. The van der Waals surface area contributed by atoms with E-state index in [-0.39, 0.29) is 24.3 Å². The van der Waals surface area contributed by atoms with Crippen LogP contribution in [-0.2, 0) is 4.79 Å². The number of hydrogen-bond donors (Lipinski definition) is 2. The average molecular weight is 304 g/mol. The molecule has 2 rings (SSSR count). The molecule has 1 amide bonds. The molecule has 1 saturated heterocycles. The molecule has 0 radical (unpaired) electrons. The highest BCUT2D eigenvalue weighted by molar-refractivity contribution is 6.04. The van der Waals surface area contributed by atoms with Gasteiger partial charge in [0, 0.05) is 11.6 Å². The molecule has 0 aromatic heterocycles. The zero-order valence-corrected chi connectivity index (χ0v) is 13.2. The number of piperidine rings is 1. The summed E-state index contributed by atoms with van der Waals surface area (Å²) in [5.74, 6) is -0.225. The van der Waals surface area contributed by atoms with Crippen molar-refractivity contribution in [3.63, 3.8) is 0 Å². The molecule has 1 fully saturated rings. The Morgan fingerprint density at radius 3 is 2.77 bits per heavy atom. The second-order valence-corrected chi connectivity index (χ2v) is 5.92. The highest BCUT2D eigenvalue weighted by Gasteiger charge is 2.27. The number of benzene rings is 1. The van der Waals surface area contributed by atoms with Crippen molar-refractivity contribution in [2.45, 2.75) is 45.3 Å². The monoisotopic (exact) mass is 304 g/mol. The number of para-hydroxylation sites is 1. The molecule has 0 spiro atoms. The molecule has 1 aromatic rings. The van der Waals surface area contributed by atoms with Crippen molar-refractivity contribution in [3.05, 3.63) is 29.8 Å². The fraction of sp³-hybridized carbons (Fsp3) is 0.529. The van der Waals surface area contributed by atoms with Crippen molar-refractivity contribution < 1.29 is 14.7 Å². The van der Waals surface area contributed by atoms with Gasteiger partial charge in [0.25, 0.3) is 0 Å². The number of carbonyl (C=O) groups is 2. The maximum absolute atomic E-state index is 12.3. The Morgan fingerprint density at radius 1 is 1.36 bits per heavy atom. The fourth-order valence-corrected chi connectivity index (χ4v) is 3.03. The van der Waals surface area contributed by atoms with E-state index in [1.807, 2.05) is 4.90 Å². The van der Waals surface area contributed by atoms with Gasteiger partial charge in [-0.25, -0.2) is 0 Å². The zero-order chi connectivity index (χ0) is 16.1. The van der Waals surface area contributed by atoms with E-state index in [1.54, 1.807) is 31.2 Å². The molecule has 1 aliphatic heterocycles. The zero-order valence-electron chi connectivity index (χ0n) is 13.2. The largest absolute Gasteiger partial charge is 0.392 e. The molecule has 5 nitrogen and oxygen atoms in total. The number of Topliss-reactive ketones (excluding diaryl/α,β-unsaturated/α-hetero) is 1. The van der Waals surface area contributed by atoms with Crippen molar-refractivity contribution in [2.75, 3.05) is 18.4 Å². The number of aliphatic hydroxyl groups is 1. The van der Waals surface area contributed by atoms with Gasteiger partial charge in [-0.2, -0.15) is 0 Å². The molecule has 1 aromatic carbocycles. The Bertz CT molecular complexity index is 542. The molecule has 0 saturated carbocycles. The van der Waals surface area contributed by atoms with Gasteiger partial charge in [0.05, 0.1) is 18.3 Å². The molecule has 0 bridgehead atoms. The van der Waals surface area contributed by atoms with Gasteiger partial charge in [-0.15, -0.1) is 0 Å². The minimum Gasteiger partial charge on any atom is -0.392 e. The maximum atomic E-state index is 12.3. The highest BCUT2D eigenvalue weighted by atomic mass is 16.3. The summed E-state index contributed by atoms with van der Waals surface area (Å²) in [6.07, 6.45) is 2.59. The van der Waals surface area contributed by atoms with E-state index in [0.29, 0.717) is 11.3 Å². The predicted molar refractivity (Wildman–Crippen MR) is 86.0 cm³/mol. The van der Waals surface area contributed by atoms with Gasteiger partial charge < -0.3 is 10.4 Å². The first kappa shape index (κ1) is 16.6. The number of ketones is 1. The number of nitrogens with one attached hydrogen (secondary N) is 1. The van der Waals surface area contributed by atoms with Crippen molar-refractivity contribution in [3.8, 4) is 0 Å². The standard InChI is InChI=1S/C17H24N2O3/c1-12(20)14-7-3-4-8-15(14)18-17(22)11-19-10-6-5-9-16(19)13(2)21/h3-4,7-8,13,16,21H,5-6,9-11H2,1-2H3,(H,18,22). The van der Waals surface area contributed by atoms with Crippen LogP contribution in [0.25, 0.3) is 0 Å². The molecule has 2 unspecified atom stereocenters. The number of hydrogen-bond acceptors (Lipinski definition) is 4. The number of aliphatic hydroxyl groups excluding tert-OH is 1. The van der Waals surface area contributed by atoms with E-state index < -0.39 is 6.10 Å². The van der Waals surface area contributed by atoms with Crippen LogP contribution in [0.4, 0.5) is 5.69 Å². The second kappa shape index (κ2) is 7.51. The molecule has 1 heterocycles. The van der Waals surface area contributed by atoms with E-state index in [2.05, 4.69) is 5.32 Å². The Morgan fingerprint density at radius 2 is 2.09 bits per heavy atom. The Kier molecular flexibility index (Phi) is 5.69. The van der Waals surface area contributed by atoms with Gasteiger partial charge >= 0.3 is 0 Å². The van der Waals surface area contributed by atoms with Crippen molar-refractivity contribution in [2.24, 2.45) is 0 Å². The van der Waals surface area contributed by atoms with Crippen LogP contribution in [0, 0.1) is 0 Å². The predicted octanol–water partition coefficient (Wildman–Crippen LogP) is 2.06. The fourth-order valence-electron chi connectivity index (χ4n) is 3.03. The molecule has 22 heavy (non-hydrogen) atoms. The molecular formula is C17H24N2O3. The minimum absolute atomic E-state index is 0.0301. The Hall–Kier alpha value is -1.72. The molecule has 5 heteroatoms. The van der Waals surface area contributed by atoms with Gasteiger partial charge in [0.15, 0.2) is 5.78 Å². The van der Waals surface area contributed by atoms with Crippen LogP contribution < -0.4 is 5.32 Å². The summed E-state index contributed by atoms with van der Waals surface area (Å²) in [5.41, 5.74) is 1.06. The summed E-state index contributed by atoms with van der Waals surface area (Å²) in [7, 11) is 0. The average Bonchev–Trinajstić information content (AvgIpc) is 2.47. The van der Waals surface area contributed by atoms with Gasteiger partial charge in [0.2, 0.25) is 5.91 Å². The number of anilines is 1. The summed E-state index contributed by atoms with van der Waals surface area (Å²) < 4.78 is 0. The molecule has 1 aliphatic rings. The third-order valence-corrected chi connectivity index (χ3v) is 4.15. The number of carbonyl (C=O) groups excluding carboxylic acids is 2. The van der Waals surface area contributed by atoms with E-state index in [0.717, 1.165) is 25.8 Å². The first-order valence-electron chi connectivity index (χ1n) is 7.81. The van der Waals surface area contributed by atoms with Crippen molar-refractivity contribution in [1.29, 1.82) is 0 Å². The van der Waals surface area contributed by atoms with Crippen LogP contribution in [-0.4, -0.2) is 46.9 Å². The van der Waals surface area contributed by atoms with Crippen LogP contribution in [0.3, 0.4) is 0 Å². The SMILES string of the molecule is CC(=O)c1ccccc1NC(=O)CN1CCCCC1C(C)O. The van der Waals surface area contributed by atoms with Crippen molar-refractivity contribution >= 4 is 17.4 Å². The quantitative estimate of drug-likeness (QED) is 0.817. The molecule has 120 valence electrons. The molecule has 2 N–H and O–H groups in total. The summed E-state index contributed by atoms with van der Waals surface area (Å²) >= 11 is 0. The van der Waals surface area contributed by atoms with Crippen LogP contribution in [0.2, 0.25) is 0 Å². The lowest BCUT2D eigenvalue weighted by molar-refractivity contribution is -0.118. The van der Waals surface area contributed by atoms with Crippen LogP contribution in [0.1, 0.15) is 43.5 Å². The summed E-state index contributed by atoms with van der Waals surface area (Å²) in [6.45, 7) is 4.31.